The summed E-state index contributed by atoms with van der Waals surface area (Å²) in [4.78, 5) is 24.5. The fourth-order valence-corrected chi connectivity index (χ4v) is 3.22. The molecule has 29 heavy (non-hydrogen) atoms. The lowest BCUT2D eigenvalue weighted by molar-refractivity contribution is 0.0472. The van der Waals surface area contributed by atoms with E-state index in [4.69, 9.17) is 23.4 Å². The van der Waals surface area contributed by atoms with Gasteiger partial charge in [0, 0.05) is 17.0 Å². The Bertz CT molecular complexity index is 1140. The van der Waals surface area contributed by atoms with Crippen LogP contribution in [-0.4, -0.2) is 26.3 Å². The SMILES string of the molecule is COc1cc(C(=O)OCc2cc(=O)oc3cc(C)c(C)cc23)cc2c1OCCO2. The van der Waals surface area contributed by atoms with Crippen molar-refractivity contribution in [2.45, 2.75) is 20.5 Å². The minimum absolute atomic E-state index is 0.0693. The maximum atomic E-state index is 12.6. The average molecular weight is 396 g/mol. The Morgan fingerprint density at radius 2 is 1.79 bits per heavy atom. The molecule has 0 radical (unpaired) electrons. The number of rotatable bonds is 4. The first-order chi connectivity index (χ1) is 14.0. The Hall–Kier alpha value is -3.48. The number of ether oxygens (including phenoxy) is 4. The summed E-state index contributed by atoms with van der Waals surface area (Å²) in [5.74, 6) is 0.726. The minimum atomic E-state index is -0.564. The zero-order valence-corrected chi connectivity index (χ0v) is 16.4. The van der Waals surface area contributed by atoms with Crippen molar-refractivity contribution in [1.29, 1.82) is 0 Å². The number of aryl methyl sites for hydroxylation is 2. The molecule has 7 nitrogen and oxygen atoms in total. The molecule has 0 aliphatic carbocycles. The lowest BCUT2D eigenvalue weighted by Gasteiger charge is -2.21. The molecular formula is C22H20O7. The molecule has 1 aliphatic rings. The van der Waals surface area contributed by atoms with Gasteiger partial charge in [-0.3, -0.25) is 0 Å². The van der Waals surface area contributed by atoms with E-state index in [2.05, 4.69) is 0 Å². The van der Waals surface area contributed by atoms with Gasteiger partial charge in [0.05, 0.1) is 12.7 Å². The molecule has 0 spiro atoms. The largest absolute Gasteiger partial charge is 0.493 e. The van der Waals surface area contributed by atoms with Crippen LogP contribution < -0.4 is 19.8 Å². The molecule has 3 aromatic rings. The number of esters is 1. The summed E-state index contributed by atoms with van der Waals surface area (Å²) in [7, 11) is 1.49. The quantitative estimate of drug-likeness (QED) is 0.493. The van der Waals surface area contributed by atoms with Gasteiger partial charge in [-0.1, -0.05) is 0 Å². The van der Waals surface area contributed by atoms with E-state index in [0.29, 0.717) is 41.6 Å². The van der Waals surface area contributed by atoms with Crippen molar-refractivity contribution < 1.29 is 28.2 Å². The van der Waals surface area contributed by atoms with E-state index >= 15 is 0 Å². The summed E-state index contributed by atoms with van der Waals surface area (Å²) in [6.45, 7) is 4.64. The average Bonchev–Trinajstić information content (AvgIpc) is 2.72. The molecule has 0 N–H and O–H groups in total. The molecule has 1 aromatic heterocycles. The normalized spacial score (nSPS) is 12.7. The maximum absolute atomic E-state index is 12.6. The van der Waals surface area contributed by atoms with Gasteiger partial charge in [0.25, 0.3) is 0 Å². The number of hydrogen-bond donors (Lipinski definition) is 0. The van der Waals surface area contributed by atoms with Crippen LogP contribution in [0.2, 0.25) is 0 Å². The third-order valence-electron chi connectivity index (χ3n) is 4.87. The standard InChI is InChI=1S/C22H20O7/c1-12-6-16-15(10-20(23)29-17(16)7-13(12)2)11-28-22(24)14-8-18(25-3)21-19(9-14)26-4-5-27-21/h6-10H,4-5,11H2,1-3H3. The van der Waals surface area contributed by atoms with E-state index in [1.54, 1.807) is 12.1 Å². The lowest BCUT2D eigenvalue weighted by Crippen LogP contribution is -2.17. The van der Waals surface area contributed by atoms with Crippen molar-refractivity contribution in [2.24, 2.45) is 0 Å². The van der Waals surface area contributed by atoms with Gasteiger partial charge in [0.15, 0.2) is 11.5 Å². The van der Waals surface area contributed by atoms with Crippen LogP contribution in [0.5, 0.6) is 17.2 Å². The van der Waals surface area contributed by atoms with Crippen molar-refractivity contribution in [3.63, 3.8) is 0 Å². The molecule has 7 heteroatoms. The molecule has 0 fully saturated rings. The number of benzene rings is 2. The Balaban J connectivity index is 1.62. The molecule has 150 valence electrons. The minimum Gasteiger partial charge on any atom is -0.493 e. The number of fused-ring (bicyclic) bond motifs is 2. The van der Waals surface area contributed by atoms with Crippen molar-refractivity contribution in [2.75, 3.05) is 20.3 Å². The summed E-state index contributed by atoms with van der Waals surface area (Å²) in [5.41, 5.74) is 2.89. The highest BCUT2D eigenvalue weighted by molar-refractivity contribution is 5.91. The Kier molecular flexibility index (Phi) is 4.88. The van der Waals surface area contributed by atoms with E-state index in [1.807, 2.05) is 26.0 Å². The molecule has 2 heterocycles. The molecule has 0 saturated carbocycles. The molecule has 2 aromatic carbocycles. The summed E-state index contributed by atoms with van der Waals surface area (Å²) in [6, 6.07) is 8.17. The lowest BCUT2D eigenvalue weighted by atomic mass is 10.0. The number of hydrogen-bond acceptors (Lipinski definition) is 7. The van der Waals surface area contributed by atoms with Gasteiger partial charge in [-0.15, -0.1) is 0 Å². The van der Waals surface area contributed by atoms with Crippen LogP contribution in [0.3, 0.4) is 0 Å². The van der Waals surface area contributed by atoms with E-state index in [9.17, 15) is 9.59 Å². The maximum Gasteiger partial charge on any atom is 0.338 e. The first-order valence-electron chi connectivity index (χ1n) is 9.15. The van der Waals surface area contributed by atoms with Gasteiger partial charge in [0.1, 0.15) is 25.4 Å². The van der Waals surface area contributed by atoms with Gasteiger partial charge in [-0.25, -0.2) is 9.59 Å². The summed E-state index contributed by atoms with van der Waals surface area (Å²) in [6.07, 6.45) is 0. The second-order valence-corrected chi connectivity index (χ2v) is 6.80. The number of methoxy groups -OCH3 is 1. The third-order valence-corrected chi connectivity index (χ3v) is 4.87. The second-order valence-electron chi connectivity index (χ2n) is 6.80. The highest BCUT2D eigenvalue weighted by atomic mass is 16.6. The van der Waals surface area contributed by atoms with Gasteiger partial charge in [-0.2, -0.15) is 0 Å². The number of carbonyl (C=O) groups excluding carboxylic acids is 1. The summed E-state index contributed by atoms with van der Waals surface area (Å²) >= 11 is 0. The smallest absolute Gasteiger partial charge is 0.338 e. The third kappa shape index (κ3) is 3.63. The van der Waals surface area contributed by atoms with Crippen LogP contribution in [-0.2, 0) is 11.3 Å². The predicted molar refractivity (Wildman–Crippen MR) is 105 cm³/mol. The van der Waals surface area contributed by atoms with Crippen LogP contribution >= 0.6 is 0 Å². The highest BCUT2D eigenvalue weighted by Crippen LogP contribution is 2.40. The van der Waals surface area contributed by atoms with Crippen LogP contribution in [0.25, 0.3) is 11.0 Å². The zero-order valence-electron chi connectivity index (χ0n) is 16.4. The van der Waals surface area contributed by atoms with Gasteiger partial charge in [0.2, 0.25) is 5.75 Å². The summed E-state index contributed by atoms with van der Waals surface area (Å²) < 4.78 is 27.1. The monoisotopic (exact) mass is 396 g/mol. The van der Waals surface area contributed by atoms with Crippen LogP contribution in [0.1, 0.15) is 27.0 Å². The van der Waals surface area contributed by atoms with Gasteiger partial charge >= 0.3 is 11.6 Å². The van der Waals surface area contributed by atoms with Crippen LogP contribution in [0.4, 0.5) is 0 Å². The van der Waals surface area contributed by atoms with E-state index < -0.39 is 11.6 Å². The molecule has 0 saturated heterocycles. The molecular weight excluding hydrogens is 376 g/mol. The summed E-state index contributed by atoms with van der Waals surface area (Å²) in [5, 5.41) is 0.736. The first kappa shape index (κ1) is 18.9. The van der Waals surface area contributed by atoms with E-state index in [-0.39, 0.29) is 12.2 Å². The van der Waals surface area contributed by atoms with Crippen LogP contribution in [0, 0.1) is 13.8 Å². The second kappa shape index (κ2) is 7.50. The van der Waals surface area contributed by atoms with Crippen molar-refractivity contribution in [3.05, 3.63) is 63.0 Å². The predicted octanol–water partition coefficient (Wildman–Crippen LogP) is 3.55. The topological polar surface area (TPSA) is 84.2 Å². The molecule has 1 aliphatic heterocycles. The first-order valence-corrected chi connectivity index (χ1v) is 9.15. The fraction of sp³-hybridized carbons (Fsp3) is 0.273. The Morgan fingerprint density at radius 3 is 2.59 bits per heavy atom. The molecule has 4 rings (SSSR count). The van der Waals surface area contributed by atoms with Crippen molar-refractivity contribution in [1.82, 2.24) is 0 Å². The Labute approximate surface area is 166 Å². The van der Waals surface area contributed by atoms with Crippen LogP contribution in [0.15, 0.2) is 39.5 Å². The number of carbonyl (C=O) groups is 1. The molecule has 0 unspecified atom stereocenters. The van der Waals surface area contributed by atoms with E-state index in [1.165, 1.54) is 13.2 Å². The van der Waals surface area contributed by atoms with E-state index in [0.717, 1.165) is 16.5 Å². The highest BCUT2D eigenvalue weighted by Gasteiger charge is 2.22. The van der Waals surface area contributed by atoms with Gasteiger partial charge in [-0.05, 0) is 49.2 Å². The Morgan fingerprint density at radius 1 is 1.03 bits per heavy atom. The molecule has 0 bridgehead atoms. The van der Waals surface area contributed by atoms with Crippen molar-refractivity contribution in [3.8, 4) is 17.2 Å². The van der Waals surface area contributed by atoms with Gasteiger partial charge < -0.3 is 23.4 Å². The van der Waals surface area contributed by atoms with Crippen molar-refractivity contribution >= 4 is 16.9 Å². The fourth-order valence-electron chi connectivity index (χ4n) is 3.22. The molecule has 0 atom stereocenters. The molecule has 0 amide bonds. The zero-order chi connectivity index (χ0) is 20.5.